The fourth-order valence-electron chi connectivity index (χ4n) is 3.70. The molecule has 0 unspecified atom stereocenters. The van der Waals surface area contributed by atoms with Gasteiger partial charge in [0, 0.05) is 23.3 Å². The van der Waals surface area contributed by atoms with Gasteiger partial charge in [0.1, 0.15) is 0 Å². The van der Waals surface area contributed by atoms with E-state index in [1.165, 1.54) is 12.1 Å². The van der Waals surface area contributed by atoms with Crippen LogP contribution in [-0.4, -0.2) is 22.3 Å². The predicted molar refractivity (Wildman–Crippen MR) is 102 cm³/mol. The van der Waals surface area contributed by atoms with Crippen LogP contribution in [-0.2, 0) is 6.18 Å². The van der Waals surface area contributed by atoms with Gasteiger partial charge in [0.25, 0.3) is 0 Å². The molecule has 1 aromatic heterocycles. The minimum atomic E-state index is -4.50. The maximum absolute atomic E-state index is 13.5. The number of nitrogens with two attached hydrogens (primary N) is 1. The molecule has 1 aliphatic carbocycles. The predicted octanol–water partition coefficient (Wildman–Crippen LogP) is 4.18. The zero-order valence-corrected chi connectivity index (χ0v) is 16.2. The molecule has 1 heterocycles. The van der Waals surface area contributed by atoms with E-state index in [4.69, 9.17) is 10.2 Å². The highest BCUT2D eigenvalue weighted by Crippen LogP contribution is 2.38. The molecule has 4 N–H and O–H groups in total. The highest BCUT2D eigenvalue weighted by molar-refractivity contribution is 5.85. The normalized spacial score (nSPS) is 21.0. The first-order chi connectivity index (χ1) is 12.8. The lowest BCUT2D eigenvalue weighted by molar-refractivity contribution is -0.137. The molecule has 0 saturated heterocycles. The minimum Gasteiger partial charge on any atom is -0.388 e. The lowest BCUT2D eigenvalue weighted by atomic mass is 9.81. The second kappa shape index (κ2) is 9.00. The van der Waals surface area contributed by atoms with Crippen LogP contribution in [0.3, 0.4) is 0 Å². The third-order valence-electron chi connectivity index (χ3n) is 5.18. The van der Waals surface area contributed by atoms with E-state index in [1.807, 2.05) is 6.92 Å². The smallest absolute Gasteiger partial charge is 0.388 e. The van der Waals surface area contributed by atoms with Gasteiger partial charge in [0.15, 0.2) is 0 Å². The number of hydrogen-bond acceptors (Lipinski definition) is 5. The highest BCUT2D eigenvalue weighted by Gasteiger charge is 2.35. The summed E-state index contributed by atoms with van der Waals surface area (Å²) >= 11 is 0. The van der Waals surface area contributed by atoms with Gasteiger partial charge in [-0.15, -0.1) is 17.5 Å². The molecular weight excluding hydrogens is 397 g/mol. The Labute approximate surface area is 166 Å². The molecule has 6 nitrogen and oxygen atoms in total. The molecule has 2 aromatic rings. The van der Waals surface area contributed by atoms with Gasteiger partial charge in [-0.1, -0.05) is 6.92 Å². The van der Waals surface area contributed by atoms with Crippen molar-refractivity contribution in [1.29, 1.82) is 0 Å². The first-order valence-electron chi connectivity index (χ1n) is 9.07. The molecule has 3 rings (SSSR count). The molecule has 1 aliphatic rings. The van der Waals surface area contributed by atoms with Gasteiger partial charge >= 0.3 is 11.9 Å². The second-order valence-electron chi connectivity index (χ2n) is 7.01. The Balaban J connectivity index is 0.00000280. The Bertz CT molecular complexity index is 829. The largest absolute Gasteiger partial charge is 0.434 e. The number of nitrogens with one attached hydrogen (secondary N) is 2. The van der Waals surface area contributed by atoms with Crippen LogP contribution < -0.4 is 16.8 Å². The Kier molecular flexibility index (Phi) is 7.16. The van der Waals surface area contributed by atoms with Crippen LogP contribution in [0.2, 0.25) is 0 Å². The fourth-order valence-corrected chi connectivity index (χ4v) is 3.70. The third kappa shape index (κ3) is 5.08. The van der Waals surface area contributed by atoms with Gasteiger partial charge in [-0.25, -0.2) is 9.89 Å². The van der Waals surface area contributed by atoms with Gasteiger partial charge in [0.05, 0.1) is 5.56 Å². The van der Waals surface area contributed by atoms with Gasteiger partial charge in [-0.05, 0) is 56.2 Å². The van der Waals surface area contributed by atoms with Crippen LogP contribution in [0.25, 0.3) is 11.5 Å². The number of alkyl halides is 3. The van der Waals surface area contributed by atoms with E-state index in [0.717, 1.165) is 31.7 Å². The maximum Gasteiger partial charge on any atom is 0.434 e. The Hall–Kier alpha value is -2.00. The van der Waals surface area contributed by atoms with Crippen LogP contribution in [0.1, 0.15) is 44.6 Å². The van der Waals surface area contributed by atoms with Crippen LogP contribution in [0.15, 0.2) is 27.4 Å². The van der Waals surface area contributed by atoms with E-state index in [9.17, 15) is 18.0 Å². The quantitative estimate of drug-likeness (QED) is 0.674. The van der Waals surface area contributed by atoms with Crippen molar-refractivity contribution in [2.24, 2.45) is 11.7 Å². The number of aromatic amines is 1. The van der Waals surface area contributed by atoms with Crippen molar-refractivity contribution in [3.63, 3.8) is 0 Å². The Morgan fingerprint density at radius 3 is 2.54 bits per heavy atom. The van der Waals surface area contributed by atoms with E-state index in [1.54, 1.807) is 0 Å². The number of halogens is 4. The highest BCUT2D eigenvalue weighted by atomic mass is 35.5. The van der Waals surface area contributed by atoms with Crippen molar-refractivity contribution in [2.75, 3.05) is 5.32 Å². The fraction of sp³-hybridized carbons (Fsp3) is 0.556. The van der Waals surface area contributed by atoms with E-state index in [2.05, 4.69) is 15.5 Å². The summed E-state index contributed by atoms with van der Waals surface area (Å²) in [5, 5.41) is 8.89. The third-order valence-corrected chi connectivity index (χ3v) is 5.18. The number of hydrogen-bond donors (Lipinski definition) is 3. The summed E-state index contributed by atoms with van der Waals surface area (Å²) < 4.78 is 45.3. The summed E-state index contributed by atoms with van der Waals surface area (Å²) in [4.78, 5) is 11.1. The molecule has 0 radical (unpaired) electrons. The van der Waals surface area contributed by atoms with Crippen molar-refractivity contribution in [3.8, 4) is 11.5 Å². The lowest BCUT2D eigenvalue weighted by Gasteiger charge is -2.34. The molecule has 1 saturated carbocycles. The Morgan fingerprint density at radius 2 is 2.00 bits per heavy atom. The number of rotatable bonds is 5. The molecule has 156 valence electrons. The topological polar surface area (TPSA) is 96.9 Å². The molecule has 1 atom stereocenters. The molecule has 28 heavy (non-hydrogen) atoms. The van der Waals surface area contributed by atoms with Gasteiger partial charge < -0.3 is 15.5 Å². The average Bonchev–Trinajstić information content (AvgIpc) is 3.06. The summed E-state index contributed by atoms with van der Waals surface area (Å²) in [6.45, 7) is 1.95. The van der Waals surface area contributed by atoms with Crippen LogP contribution >= 0.6 is 12.4 Å². The molecule has 10 heteroatoms. The van der Waals surface area contributed by atoms with Crippen molar-refractivity contribution in [3.05, 3.63) is 34.3 Å². The number of aromatic nitrogens is 2. The SMILES string of the molecule is CC[C@H](Nc1cc(-c2n[nH]c(=O)o2)ccc1C(F)(F)F)C1CCC(N)CC1.Cl. The van der Waals surface area contributed by atoms with Crippen molar-refractivity contribution >= 4 is 18.1 Å². The van der Waals surface area contributed by atoms with Gasteiger partial charge in [-0.2, -0.15) is 13.2 Å². The van der Waals surface area contributed by atoms with Crippen LogP contribution in [0.4, 0.5) is 18.9 Å². The summed E-state index contributed by atoms with van der Waals surface area (Å²) in [5.41, 5.74) is 5.45. The number of nitrogens with zero attached hydrogens (tertiary/aromatic N) is 1. The molecule has 0 bridgehead atoms. The summed E-state index contributed by atoms with van der Waals surface area (Å²) in [6.07, 6.45) is -0.260. The minimum absolute atomic E-state index is 0. The van der Waals surface area contributed by atoms with Gasteiger partial charge in [0.2, 0.25) is 5.89 Å². The molecular formula is C18H24ClF3N4O2. The van der Waals surface area contributed by atoms with E-state index in [0.29, 0.717) is 12.0 Å². The van der Waals surface area contributed by atoms with E-state index >= 15 is 0 Å². The standard InChI is InChI=1S/C18H23F3N4O2.ClH/c1-2-14(10-3-6-12(22)7-4-10)23-15-9-11(16-24-25-17(26)27-16)5-8-13(15)18(19,20)21;/h5,8-10,12,14,23H,2-4,6-7,22H2,1H3,(H,25,26);1H/t10?,12?,14-;/m0./s1. The molecule has 0 amide bonds. The summed E-state index contributed by atoms with van der Waals surface area (Å²) in [5.74, 6) is -0.541. The molecule has 0 spiro atoms. The van der Waals surface area contributed by atoms with Crippen molar-refractivity contribution < 1.29 is 17.6 Å². The van der Waals surface area contributed by atoms with Crippen molar-refractivity contribution in [2.45, 2.75) is 57.3 Å². The van der Waals surface area contributed by atoms with Crippen LogP contribution in [0.5, 0.6) is 0 Å². The molecule has 0 aliphatic heterocycles. The van der Waals surface area contributed by atoms with Crippen LogP contribution in [0, 0.1) is 5.92 Å². The van der Waals surface area contributed by atoms with E-state index in [-0.39, 0.29) is 42.0 Å². The zero-order chi connectivity index (χ0) is 19.6. The summed E-state index contributed by atoms with van der Waals surface area (Å²) in [7, 11) is 0. The monoisotopic (exact) mass is 420 g/mol. The van der Waals surface area contributed by atoms with E-state index < -0.39 is 17.5 Å². The van der Waals surface area contributed by atoms with Gasteiger partial charge in [-0.3, -0.25) is 0 Å². The number of anilines is 1. The number of H-pyrrole nitrogens is 1. The number of benzene rings is 1. The first kappa shape index (κ1) is 22.3. The summed E-state index contributed by atoms with van der Waals surface area (Å²) in [6, 6.07) is 3.64. The average molecular weight is 421 g/mol. The molecule has 1 fully saturated rings. The molecule has 1 aromatic carbocycles. The zero-order valence-electron chi connectivity index (χ0n) is 15.4. The maximum atomic E-state index is 13.5. The van der Waals surface area contributed by atoms with Crippen molar-refractivity contribution in [1.82, 2.24) is 10.2 Å². The lowest BCUT2D eigenvalue weighted by Crippen LogP contribution is -2.35. The first-order valence-corrected chi connectivity index (χ1v) is 9.07. The second-order valence-corrected chi connectivity index (χ2v) is 7.01. The Morgan fingerprint density at radius 1 is 1.32 bits per heavy atom.